The molecule has 0 bridgehead atoms. The molecule has 0 aliphatic carbocycles. The van der Waals surface area contributed by atoms with Crippen molar-refractivity contribution in [1.29, 1.82) is 0 Å². The van der Waals surface area contributed by atoms with Gasteiger partial charge < -0.3 is 14.0 Å². The minimum Gasteiger partial charge on any atom is -0.493 e. The Labute approximate surface area is 163 Å². The van der Waals surface area contributed by atoms with E-state index in [1.165, 1.54) is 0 Å². The third-order valence-electron chi connectivity index (χ3n) is 4.30. The highest BCUT2D eigenvalue weighted by molar-refractivity contribution is 7.13. The Morgan fingerprint density at radius 1 is 1.19 bits per heavy atom. The highest BCUT2D eigenvalue weighted by atomic mass is 32.1. The van der Waals surface area contributed by atoms with Crippen LogP contribution in [-0.4, -0.2) is 35.8 Å². The molecule has 6 nitrogen and oxygen atoms in total. The minimum absolute atomic E-state index is 0.606. The average Bonchev–Trinajstić information content (AvgIpc) is 3.24. The SMILES string of the molecule is CCOc1ccc(-c2nc(CN(C)Cc3c(C)noc3C)cs2)cc1OC. The first-order valence-corrected chi connectivity index (χ1v) is 9.75. The molecule has 0 amide bonds. The van der Waals surface area contributed by atoms with Gasteiger partial charge in [-0.1, -0.05) is 5.16 Å². The summed E-state index contributed by atoms with van der Waals surface area (Å²) in [6, 6.07) is 5.92. The van der Waals surface area contributed by atoms with E-state index in [-0.39, 0.29) is 0 Å². The normalized spacial score (nSPS) is 11.2. The van der Waals surface area contributed by atoms with E-state index in [2.05, 4.69) is 22.5 Å². The molecule has 1 aromatic carbocycles. The number of hydrogen-bond acceptors (Lipinski definition) is 7. The molecule has 0 atom stereocenters. The third-order valence-corrected chi connectivity index (χ3v) is 5.24. The molecule has 0 N–H and O–H groups in total. The van der Waals surface area contributed by atoms with Crippen LogP contribution in [0.1, 0.15) is 29.6 Å². The van der Waals surface area contributed by atoms with Crippen molar-refractivity contribution < 1.29 is 14.0 Å². The van der Waals surface area contributed by atoms with E-state index in [4.69, 9.17) is 19.0 Å². The fraction of sp³-hybridized carbons (Fsp3) is 0.400. The maximum atomic E-state index is 5.58. The van der Waals surface area contributed by atoms with Gasteiger partial charge >= 0.3 is 0 Å². The zero-order valence-electron chi connectivity index (χ0n) is 16.4. The van der Waals surface area contributed by atoms with Gasteiger partial charge in [0.2, 0.25) is 0 Å². The smallest absolute Gasteiger partial charge is 0.161 e. The van der Waals surface area contributed by atoms with E-state index in [1.54, 1.807) is 18.4 Å². The average molecular weight is 388 g/mol. The highest BCUT2D eigenvalue weighted by Crippen LogP contribution is 2.34. The summed E-state index contributed by atoms with van der Waals surface area (Å²) in [5.74, 6) is 2.35. The van der Waals surface area contributed by atoms with Crippen LogP contribution in [0.25, 0.3) is 10.6 Å². The number of rotatable bonds is 8. The zero-order valence-corrected chi connectivity index (χ0v) is 17.2. The topological polar surface area (TPSA) is 60.6 Å². The van der Waals surface area contributed by atoms with Crippen LogP contribution in [0.5, 0.6) is 11.5 Å². The van der Waals surface area contributed by atoms with Gasteiger partial charge in [0.1, 0.15) is 10.8 Å². The quantitative estimate of drug-likeness (QED) is 0.569. The summed E-state index contributed by atoms with van der Waals surface area (Å²) in [6.07, 6.45) is 0. The van der Waals surface area contributed by atoms with Crippen molar-refractivity contribution in [3.05, 3.63) is 46.3 Å². The van der Waals surface area contributed by atoms with Gasteiger partial charge in [0.25, 0.3) is 0 Å². The standard InChI is InChI=1S/C20H25N3O3S/c1-6-25-18-8-7-15(9-19(18)24-5)20-21-16(12-27-20)10-23(4)11-17-13(2)22-26-14(17)3/h7-9,12H,6,10-11H2,1-5H3. The number of methoxy groups -OCH3 is 1. The summed E-state index contributed by atoms with van der Waals surface area (Å²) < 4.78 is 16.3. The van der Waals surface area contributed by atoms with Crippen LogP contribution >= 0.6 is 11.3 Å². The fourth-order valence-electron chi connectivity index (χ4n) is 2.92. The van der Waals surface area contributed by atoms with Gasteiger partial charge in [0.15, 0.2) is 11.5 Å². The molecule has 0 radical (unpaired) electrons. The molecule has 144 valence electrons. The van der Waals surface area contributed by atoms with Gasteiger partial charge in [-0.2, -0.15) is 0 Å². The third kappa shape index (κ3) is 4.48. The molecule has 7 heteroatoms. The molecular weight excluding hydrogens is 362 g/mol. The number of thiazole rings is 1. The van der Waals surface area contributed by atoms with Gasteiger partial charge in [0.05, 0.1) is 25.1 Å². The lowest BCUT2D eigenvalue weighted by atomic mass is 10.2. The molecule has 3 rings (SSSR count). The summed E-state index contributed by atoms with van der Waals surface area (Å²) in [7, 11) is 3.73. The number of benzene rings is 1. The maximum absolute atomic E-state index is 5.58. The van der Waals surface area contributed by atoms with E-state index in [9.17, 15) is 0 Å². The Morgan fingerprint density at radius 3 is 2.67 bits per heavy atom. The molecule has 2 heterocycles. The lowest BCUT2D eigenvalue weighted by Gasteiger charge is -2.14. The molecule has 0 saturated heterocycles. The molecule has 0 saturated carbocycles. The number of aryl methyl sites for hydroxylation is 2. The number of hydrogen-bond donors (Lipinski definition) is 0. The Kier molecular flexibility index (Phi) is 6.13. The second-order valence-electron chi connectivity index (χ2n) is 6.42. The lowest BCUT2D eigenvalue weighted by molar-refractivity contribution is 0.311. The first-order chi connectivity index (χ1) is 13.0. The largest absolute Gasteiger partial charge is 0.493 e. The Morgan fingerprint density at radius 2 is 2.00 bits per heavy atom. The minimum atomic E-state index is 0.606. The molecule has 3 aromatic rings. The summed E-state index contributed by atoms with van der Waals surface area (Å²) in [6.45, 7) is 8.02. The van der Waals surface area contributed by atoms with Crippen molar-refractivity contribution in [3.63, 3.8) is 0 Å². The van der Waals surface area contributed by atoms with E-state index < -0.39 is 0 Å². The fourth-order valence-corrected chi connectivity index (χ4v) is 3.73. The van der Waals surface area contributed by atoms with E-state index in [0.717, 1.165) is 57.9 Å². The Hall–Kier alpha value is -2.38. The van der Waals surface area contributed by atoms with Crippen LogP contribution in [0.15, 0.2) is 28.1 Å². The molecule has 27 heavy (non-hydrogen) atoms. The van der Waals surface area contributed by atoms with Crippen molar-refractivity contribution >= 4 is 11.3 Å². The first-order valence-electron chi connectivity index (χ1n) is 8.87. The molecule has 0 aliphatic rings. The lowest BCUT2D eigenvalue weighted by Crippen LogP contribution is -2.18. The highest BCUT2D eigenvalue weighted by Gasteiger charge is 2.14. The van der Waals surface area contributed by atoms with Crippen molar-refractivity contribution in [2.45, 2.75) is 33.9 Å². The summed E-state index contributed by atoms with van der Waals surface area (Å²) in [5, 5.41) is 7.09. The number of nitrogens with zero attached hydrogens (tertiary/aromatic N) is 3. The molecule has 0 fully saturated rings. The number of ether oxygens (including phenoxy) is 2. The van der Waals surface area contributed by atoms with Crippen LogP contribution in [0.2, 0.25) is 0 Å². The Bertz CT molecular complexity index is 884. The van der Waals surface area contributed by atoms with Crippen LogP contribution < -0.4 is 9.47 Å². The van der Waals surface area contributed by atoms with Crippen molar-refractivity contribution in [2.75, 3.05) is 20.8 Å². The second-order valence-corrected chi connectivity index (χ2v) is 7.28. The summed E-state index contributed by atoms with van der Waals surface area (Å²) in [4.78, 5) is 7.00. The van der Waals surface area contributed by atoms with Gasteiger partial charge in [0, 0.05) is 29.6 Å². The van der Waals surface area contributed by atoms with Crippen molar-refractivity contribution in [3.8, 4) is 22.1 Å². The molecule has 0 spiro atoms. The van der Waals surface area contributed by atoms with E-state index >= 15 is 0 Å². The molecular formula is C20H25N3O3S. The second kappa shape index (κ2) is 8.54. The van der Waals surface area contributed by atoms with Crippen molar-refractivity contribution in [2.24, 2.45) is 0 Å². The van der Waals surface area contributed by atoms with Crippen LogP contribution in [0, 0.1) is 13.8 Å². The van der Waals surface area contributed by atoms with Crippen molar-refractivity contribution in [1.82, 2.24) is 15.0 Å². The monoisotopic (exact) mass is 387 g/mol. The number of aromatic nitrogens is 2. The predicted molar refractivity (Wildman–Crippen MR) is 106 cm³/mol. The van der Waals surface area contributed by atoms with Crippen LogP contribution in [-0.2, 0) is 13.1 Å². The van der Waals surface area contributed by atoms with E-state index in [1.807, 2.05) is 39.0 Å². The zero-order chi connectivity index (χ0) is 19.4. The Balaban J connectivity index is 1.71. The summed E-state index contributed by atoms with van der Waals surface area (Å²) in [5.41, 5.74) is 4.15. The van der Waals surface area contributed by atoms with Gasteiger partial charge in [-0.3, -0.25) is 4.90 Å². The van der Waals surface area contributed by atoms with Crippen LogP contribution in [0.4, 0.5) is 0 Å². The van der Waals surface area contributed by atoms with E-state index in [0.29, 0.717) is 6.61 Å². The molecule has 2 aromatic heterocycles. The predicted octanol–water partition coefficient (Wildman–Crippen LogP) is 4.45. The maximum Gasteiger partial charge on any atom is 0.161 e. The first kappa shape index (κ1) is 19.4. The summed E-state index contributed by atoms with van der Waals surface area (Å²) >= 11 is 1.63. The molecule has 0 unspecified atom stereocenters. The van der Waals surface area contributed by atoms with Crippen LogP contribution in [0.3, 0.4) is 0 Å². The van der Waals surface area contributed by atoms with Gasteiger partial charge in [-0.25, -0.2) is 4.98 Å². The van der Waals surface area contributed by atoms with Gasteiger partial charge in [-0.15, -0.1) is 11.3 Å². The van der Waals surface area contributed by atoms with Gasteiger partial charge in [-0.05, 0) is 46.0 Å². The molecule has 0 aliphatic heterocycles.